The number of ether oxygens (including phenoxy) is 2. The molecule has 0 saturated carbocycles. The smallest absolute Gasteiger partial charge is 0.387 e. The molecule has 53 heavy (non-hydrogen) atoms. The van der Waals surface area contributed by atoms with Gasteiger partial charge in [-0.15, -0.1) is 0 Å². The Hall–Kier alpha value is -3.53. The topological polar surface area (TPSA) is 418 Å². The molecule has 2 saturated heterocycles. The zero-order valence-corrected chi connectivity index (χ0v) is 29.6. The summed E-state index contributed by atoms with van der Waals surface area (Å²) in [6, 6.07) is 0. The second-order valence-corrected chi connectivity index (χ2v) is 16.6. The number of hydrogen-bond donors (Lipinski definition) is 11. The molecule has 28 nitrogen and oxygen atoms in total. The second-order valence-electron chi connectivity index (χ2n) is 12.0. The number of phosphoric acid groups is 3. The summed E-state index contributed by atoms with van der Waals surface area (Å²) >= 11 is 0. The molecule has 6 rings (SSSR count). The van der Waals surface area contributed by atoms with E-state index < -0.39 is 96.4 Å². The highest BCUT2D eigenvalue weighted by atomic mass is 31.3. The molecule has 13 N–H and O–H groups in total. The van der Waals surface area contributed by atoms with Gasteiger partial charge < -0.3 is 56.0 Å². The van der Waals surface area contributed by atoms with Gasteiger partial charge in [-0.2, -0.15) is 13.6 Å². The van der Waals surface area contributed by atoms with Crippen LogP contribution >= 0.6 is 23.5 Å². The number of nitrogens with zero attached hydrogens (tertiary/aromatic N) is 6. The number of phosphoric ester groups is 2. The average Bonchev–Trinajstić information content (AvgIpc) is 3.74. The number of nitrogens with two attached hydrogens (primary N) is 2. The quantitative estimate of drug-likeness (QED) is 0.0477. The van der Waals surface area contributed by atoms with Crippen molar-refractivity contribution < 1.29 is 80.5 Å². The van der Waals surface area contributed by atoms with Crippen LogP contribution in [0.3, 0.4) is 0 Å². The number of aromatic nitrogens is 8. The molecule has 2 fully saturated rings. The van der Waals surface area contributed by atoms with Gasteiger partial charge in [0.25, 0.3) is 17.1 Å². The van der Waals surface area contributed by atoms with Gasteiger partial charge in [0.1, 0.15) is 36.1 Å². The van der Waals surface area contributed by atoms with Crippen molar-refractivity contribution >= 4 is 57.7 Å². The summed E-state index contributed by atoms with van der Waals surface area (Å²) in [6.07, 6.45) is -9.51. The number of hydrogen-bond acceptors (Lipinski definition) is 20. The van der Waals surface area contributed by atoms with Gasteiger partial charge in [0, 0.05) is 0 Å². The van der Waals surface area contributed by atoms with E-state index in [1.54, 1.807) is 0 Å². The number of fused-ring (bicyclic) bond motifs is 2. The highest BCUT2D eigenvalue weighted by molar-refractivity contribution is 7.66. The molecule has 292 valence electrons. The standard InChI is InChI=1S/C22H31N10O18P3/c1-22(13(36)12(35)19(48-22)31-5-25-8-14(31)26-20(23)28-16(8)37)4-46-52(41,42)50-53(43,44)49-51(39,40)45-3-7-10(33)11(34)18(47-7)32-6-30(2)9-15(32)27-21(24)29-17(9)38/h5-7,10-13,18-19,33-36H,3-4H2,1-2H3,(H8-,23,24,26,27,28,29,37,38,39,40,41,42,43,44)/p+1/t7-,10-,11-,12-,13+,18-,19-,22-/m1/s1. The SMILES string of the molecule is Cn1c[n+]([C@@H]2O[C@H](COP(=O)(O)OP(=O)(O)OP(=O)(O)OC[C@@]3(C)O[C@@H](n4cnc5c(=O)[nH]c(N)nc54)[C@H](O)[C@@H]3O)[C@@H](O)[C@H]2O)c2nc(N)[nH]c(=O)c21. The van der Waals surface area contributed by atoms with Gasteiger partial charge in [-0.3, -0.25) is 37.7 Å². The minimum Gasteiger partial charge on any atom is -0.387 e. The van der Waals surface area contributed by atoms with Crippen LogP contribution in [0.15, 0.2) is 22.2 Å². The number of nitrogens with one attached hydrogen (secondary N) is 2. The van der Waals surface area contributed by atoms with Crippen molar-refractivity contribution in [1.29, 1.82) is 0 Å². The van der Waals surface area contributed by atoms with Crippen LogP contribution in [0.4, 0.5) is 11.9 Å². The molecule has 3 unspecified atom stereocenters. The monoisotopic (exact) mass is 817 g/mol. The fourth-order valence-electron chi connectivity index (χ4n) is 5.65. The van der Waals surface area contributed by atoms with Gasteiger partial charge in [-0.1, -0.05) is 4.98 Å². The fourth-order valence-corrected chi connectivity index (χ4v) is 9.26. The third kappa shape index (κ3) is 7.59. The first kappa shape index (κ1) is 39.2. The van der Waals surface area contributed by atoms with E-state index in [1.807, 2.05) is 0 Å². The molecule has 6 heterocycles. The molecule has 31 heteroatoms. The van der Waals surface area contributed by atoms with Crippen molar-refractivity contribution in [2.24, 2.45) is 7.05 Å². The molecule has 4 aromatic heterocycles. The van der Waals surface area contributed by atoms with E-state index in [2.05, 4.69) is 42.6 Å². The number of rotatable bonds is 12. The maximum Gasteiger partial charge on any atom is 0.490 e. The Morgan fingerprint density at radius 2 is 1.57 bits per heavy atom. The minimum atomic E-state index is -6.02. The molecule has 0 radical (unpaired) electrons. The lowest BCUT2D eigenvalue weighted by atomic mass is 9.99. The zero-order valence-electron chi connectivity index (χ0n) is 26.9. The Morgan fingerprint density at radius 3 is 2.25 bits per heavy atom. The van der Waals surface area contributed by atoms with E-state index in [1.165, 1.54) is 17.9 Å². The van der Waals surface area contributed by atoms with Gasteiger partial charge in [-0.05, 0) is 6.92 Å². The summed E-state index contributed by atoms with van der Waals surface area (Å²) in [4.78, 5) is 70.9. The number of nitrogen functional groups attached to an aromatic ring is 2. The van der Waals surface area contributed by atoms with Crippen molar-refractivity contribution in [3.05, 3.63) is 33.4 Å². The van der Waals surface area contributed by atoms with Gasteiger partial charge in [-0.25, -0.2) is 23.2 Å². The summed E-state index contributed by atoms with van der Waals surface area (Å²) in [5.74, 6) is -0.594. The van der Waals surface area contributed by atoms with Crippen LogP contribution in [0, 0.1) is 0 Å². The van der Waals surface area contributed by atoms with Crippen molar-refractivity contribution in [1.82, 2.24) is 34.1 Å². The summed E-state index contributed by atoms with van der Waals surface area (Å²) in [5, 5.41) is 42.5. The molecule has 0 aromatic carbocycles. The summed E-state index contributed by atoms with van der Waals surface area (Å²) in [7, 11) is -16.0. The van der Waals surface area contributed by atoms with E-state index in [0.717, 1.165) is 22.4 Å². The molecule has 2 aliphatic heterocycles. The van der Waals surface area contributed by atoms with Crippen molar-refractivity contribution in [3.8, 4) is 0 Å². The Balaban J connectivity index is 1.06. The number of aliphatic hydroxyl groups is 4. The van der Waals surface area contributed by atoms with E-state index in [-0.39, 0.29) is 34.2 Å². The van der Waals surface area contributed by atoms with Crippen LogP contribution in [-0.2, 0) is 47.9 Å². The fraction of sp³-hybridized carbons (Fsp3) is 0.545. The van der Waals surface area contributed by atoms with Crippen molar-refractivity contribution in [2.45, 2.75) is 55.5 Å². The van der Waals surface area contributed by atoms with Crippen LogP contribution < -0.4 is 27.2 Å². The highest BCUT2D eigenvalue weighted by Crippen LogP contribution is 2.68. The molecule has 0 aliphatic carbocycles. The van der Waals surface area contributed by atoms with Gasteiger partial charge in [0.05, 0.1) is 26.6 Å². The lowest BCUT2D eigenvalue weighted by Gasteiger charge is -2.28. The molecule has 0 spiro atoms. The van der Waals surface area contributed by atoms with Crippen molar-refractivity contribution in [3.63, 3.8) is 0 Å². The first-order chi connectivity index (χ1) is 24.5. The summed E-state index contributed by atoms with van der Waals surface area (Å²) < 4.78 is 69.8. The second kappa shape index (κ2) is 13.6. The number of aryl methyl sites for hydroxylation is 1. The van der Waals surface area contributed by atoms with Gasteiger partial charge in [0.2, 0.25) is 17.7 Å². The normalized spacial score (nSPS) is 31.2. The number of H-pyrrole nitrogens is 2. The maximum atomic E-state index is 12.6. The first-order valence-corrected chi connectivity index (χ1v) is 19.2. The van der Waals surface area contributed by atoms with E-state index in [4.69, 9.17) is 20.9 Å². The van der Waals surface area contributed by atoms with E-state index in [9.17, 15) is 58.4 Å². The molecular weight excluding hydrogens is 785 g/mol. The van der Waals surface area contributed by atoms with Gasteiger partial charge >= 0.3 is 29.1 Å². The van der Waals surface area contributed by atoms with Crippen LogP contribution in [0.2, 0.25) is 0 Å². The Kier molecular flexibility index (Phi) is 10.1. The predicted octanol–water partition coefficient (Wildman–Crippen LogP) is -4.16. The molecule has 0 bridgehead atoms. The molecule has 11 atom stereocenters. The minimum absolute atomic E-state index is 0.00900. The molecule has 0 amide bonds. The lowest BCUT2D eigenvalue weighted by molar-refractivity contribution is -0.745. The largest absolute Gasteiger partial charge is 0.490 e. The average molecular weight is 817 g/mol. The van der Waals surface area contributed by atoms with E-state index >= 15 is 0 Å². The number of aromatic amines is 2. The first-order valence-electron chi connectivity index (χ1n) is 14.8. The van der Waals surface area contributed by atoms with E-state index in [0.29, 0.717) is 0 Å². The third-order valence-corrected chi connectivity index (χ3v) is 12.3. The van der Waals surface area contributed by atoms with Crippen LogP contribution in [0.1, 0.15) is 19.4 Å². The predicted molar refractivity (Wildman–Crippen MR) is 169 cm³/mol. The number of imidazole rings is 2. The van der Waals surface area contributed by atoms with Crippen LogP contribution in [0.5, 0.6) is 0 Å². The van der Waals surface area contributed by atoms with Crippen LogP contribution in [0.25, 0.3) is 22.3 Å². The number of anilines is 2. The molecular formula is C22H32N10O18P3+. The lowest BCUT2D eigenvalue weighted by Crippen LogP contribution is -2.46. The molecule has 4 aromatic rings. The number of aliphatic hydroxyl groups excluding tert-OH is 4. The Bertz CT molecular complexity index is 2330. The van der Waals surface area contributed by atoms with Crippen LogP contribution in [-0.4, -0.2) is 118 Å². The zero-order chi connectivity index (χ0) is 39.0. The highest BCUT2D eigenvalue weighted by Gasteiger charge is 2.54. The summed E-state index contributed by atoms with van der Waals surface area (Å²) in [6.45, 7) is -1.11. The Labute approximate surface area is 292 Å². The summed E-state index contributed by atoms with van der Waals surface area (Å²) in [5.41, 5.74) is 7.33. The van der Waals surface area contributed by atoms with Crippen molar-refractivity contribution in [2.75, 3.05) is 24.7 Å². The molecule has 2 aliphatic rings. The van der Waals surface area contributed by atoms with Gasteiger partial charge in [0.15, 0.2) is 23.7 Å². The maximum absolute atomic E-state index is 12.6. The third-order valence-electron chi connectivity index (χ3n) is 8.09. The Morgan fingerprint density at radius 1 is 0.943 bits per heavy atom.